The summed E-state index contributed by atoms with van der Waals surface area (Å²) in [6, 6.07) is 16.5. The molecule has 3 atom stereocenters. The van der Waals surface area contributed by atoms with Crippen molar-refractivity contribution < 1.29 is 27.9 Å². The smallest absolute Gasteiger partial charge is 0.309 e. The van der Waals surface area contributed by atoms with Crippen molar-refractivity contribution in [3.8, 4) is 5.75 Å². The van der Waals surface area contributed by atoms with E-state index in [4.69, 9.17) is 22.1 Å². The highest BCUT2D eigenvalue weighted by Gasteiger charge is 2.45. The summed E-state index contributed by atoms with van der Waals surface area (Å²) < 4.78 is 31.5. The van der Waals surface area contributed by atoms with Crippen molar-refractivity contribution in [2.24, 2.45) is 5.92 Å². The summed E-state index contributed by atoms with van der Waals surface area (Å²) in [7, 11) is -2.25. The zero-order chi connectivity index (χ0) is 30.9. The Morgan fingerprint density at radius 1 is 1.16 bits per heavy atom. The number of nitrogens with two attached hydrogens (primary N) is 1. The summed E-state index contributed by atoms with van der Waals surface area (Å²) in [5.41, 5.74) is 7.43. The van der Waals surface area contributed by atoms with Gasteiger partial charge in [0.15, 0.2) is 9.84 Å². The number of nitrogens with one attached hydrogen (secondary N) is 1. The Balaban J connectivity index is 1.62. The summed E-state index contributed by atoms with van der Waals surface area (Å²) in [4.78, 5) is 32.6. The standard InChI is InChI=1S/C31H31ClN4O6S/c1-3-43(40,41)26-7-5-4-6-22(26)28-23(31(38)39)13-15-36(28)30(37)27(19-8-11-24(32)25(17-19)42-2)35-20-9-10-21-18(16-20)12-14-34-29(21)33/h4-12,14,16-17,23,27-28,35H,3,13,15H2,1-2H3,(H2,33,34)(H,38,39)/t23?,27-,28?/m1/s1. The van der Waals surface area contributed by atoms with Crippen LogP contribution in [0.5, 0.6) is 5.75 Å². The van der Waals surface area contributed by atoms with Crippen molar-refractivity contribution in [3.63, 3.8) is 0 Å². The molecule has 3 aromatic carbocycles. The van der Waals surface area contributed by atoms with Gasteiger partial charge in [0.05, 0.1) is 34.7 Å². The average Bonchev–Trinajstić information content (AvgIpc) is 3.46. The third-order valence-electron chi connectivity index (χ3n) is 7.81. The van der Waals surface area contributed by atoms with Gasteiger partial charge in [0.25, 0.3) is 0 Å². The van der Waals surface area contributed by atoms with E-state index in [0.29, 0.717) is 27.8 Å². The lowest BCUT2D eigenvalue weighted by molar-refractivity contribution is -0.143. The van der Waals surface area contributed by atoms with E-state index in [1.54, 1.807) is 60.8 Å². The van der Waals surface area contributed by atoms with Crippen LogP contribution in [0, 0.1) is 5.92 Å². The summed E-state index contributed by atoms with van der Waals surface area (Å²) in [6.07, 6.45) is 1.75. The van der Waals surface area contributed by atoms with Crippen molar-refractivity contribution in [2.75, 3.05) is 30.5 Å². The number of benzene rings is 3. The lowest BCUT2D eigenvalue weighted by atomic mass is 9.93. The van der Waals surface area contributed by atoms with Crippen LogP contribution in [-0.4, -0.2) is 54.7 Å². The maximum Gasteiger partial charge on any atom is 0.309 e. The van der Waals surface area contributed by atoms with E-state index in [1.165, 1.54) is 25.0 Å². The number of hydrogen-bond acceptors (Lipinski definition) is 8. The van der Waals surface area contributed by atoms with Crippen LogP contribution in [0.2, 0.25) is 5.02 Å². The molecule has 224 valence electrons. The maximum atomic E-state index is 14.6. The van der Waals surface area contributed by atoms with Crippen LogP contribution in [0.1, 0.15) is 36.6 Å². The van der Waals surface area contributed by atoms with Gasteiger partial charge in [0.2, 0.25) is 5.91 Å². The van der Waals surface area contributed by atoms with Crippen molar-refractivity contribution in [2.45, 2.75) is 30.3 Å². The first-order chi connectivity index (χ1) is 20.6. The van der Waals surface area contributed by atoms with E-state index in [0.717, 1.165) is 10.8 Å². The highest BCUT2D eigenvalue weighted by atomic mass is 35.5. The highest BCUT2D eigenvalue weighted by Crippen LogP contribution is 2.42. The van der Waals surface area contributed by atoms with E-state index in [9.17, 15) is 23.1 Å². The highest BCUT2D eigenvalue weighted by molar-refractivity contribution is 7.91. The summed E-state index contributed by atoms with van der Waals surface area (Å²) >= 11 is 6.30. The lowest BCUT2D eigenvalue weighted by Crippen LogP contribution is -2.39. The number of aliphatic carboxylic acids is 1. The topological polar surface area (TPSA) is 152 Å². The molecule has 1 saturated heterocycles. The quantitative estimate of drug-likeness (QED) is 0.231. The third kappa shape index (κ3) is 5.82. The van der Waals surface area contributed by atoms with Crippen molar-refractivity contribution in [1.29, 1.82) is 0 Å². The number of carbonyl (C=O) groups is 2. The maximum absolute atomic E-state index is 14.6. The number of rotatable bonds is 9. The molecule has 2 heterocycles. The van der Waals surface area contributed by atoms with Gasteiger partial charge in [-0.2, -0.15) is 0 Å². The molecular formula is C31H31ClN4O6S. The minimum absolute atomic E-state index is 0.0202. The van der Waals surface area contributed by atoms with Crippen molar-refractivity contribution in [1.82, 2.24) is 9.88 Å². The molecule has 1 aliphatic heterocycles. The van der Waals surface area contributed by atoms with Crippen LogP contribution in [0.15, 0.2) is 77.8 Å². The molecule has 10 nitrogen and oxygen atoms in total. The second kappa shape index (κ2) is 12.1. The van der Waals surface area contributed by atoms with E-state index < -0.39 is 39.7 Å². The molecule has 2 unspecified atom stereocenters. The molecule has 1 fully saturated rings. The van der Waals surface area contributed by atoms with Gasteiger partial charge in [0, 0.05) is 23.8 Å². The predicted octanol–water partition coefficient (Wildman–Crippen LogP) is 5.10. The van der Waals surface area contributed by atoms with E-state index in [1.807, 2.05) is 6.07 Å². The number of fused-ring (bicyclic) bond motifs is 1. The average molecular weight is 623 g/mol. The lowest BCUT2D eigenvalue weighted by Gasteiger charge is -2.32. The van der Waals surface area contributed by atoms with E-state index in [-0.39, 0.29) is 29.2 Å². The van der Waals surface area contributed by atoms with Crippen LogP contribution in [0.3, 0.4) is 0 Å². The van der Waals surface area contributed by atoms with Crippen LogP contribution in [-0.2, 0) is 19.4 Å². The van der Waals surface area contributed by atoms with Gasteiger partial charge in [-0.3, -0.25) is 9.59 Å². The molecule has 0 bridgehead atoms. The number of carboxylic acid groups (broad SMARTS) is 1. The van der Waals surface area contributed by atoms with Crippen LogP contribution >= 0.6 is 11.6 Å². The van der Waals surface area contributed by atoms with Gasteiger partial charge in [-0.15, -0.1) is 0 Å². The zero-order valence-corrected chi connectivity index (χ0v) is 25.1. The molecule has 5 rings (SSSR count). The number of likely N-dealkylation sites (tertiary alicyclic amines) is 1. The number of amides is 1. The number of ether oxygens (including phenoxy) is 1. The summed E-state index contributed by atoms with van der Waals surface area (Å²) in [6.45, 7) is 1.64. The second-order valence-electron chi connectivity index (χ2n) is 10.3. The van der Waals surface area contributed by atoms with E-state index >= 15 is 0 Å². The number of methoxy groups -OCH3 is 1. The van der Waals surface area contributed by atoms with Gasteiger partial charge in [-0.05, 0) is 65.4 Å². The molecule has 1 amide bonds. The third-order valence-corrected chi connectivity index (χ3v) is 9.93. The molecule has 0 spiro atoms. The first kappa shape index (κ1) is 30.1. The fourth-order valence-corrected chi connectivity index (χ4v) is 6.95. The SMILES string of the molecule is CCS(=O)(=O)c1ccccc1C1C(C(=O)O)CCN1C(=O)[C@H](Nc1ccc2c(N)nccc2c1)c1ccc(Cl)c(OC)c1. The van der Waals surface area contributed by atoms with Crippen LogP contribution in [0.25, 0.3) is 10.8 Å². The second-order valence-corrected chi connectivity index (χ2v) is 12.9. The molecule has 12 heteroatoms. The zero-order valence-electron chi connectivity index (χ0n) is 23.5. The number of nitrogen functional groups attached to an aromatic ring is 1. The van der Waals surface area contributed by atoms with Crippen molar-refractivity contribution >= 4 is 55.6 Å². The monoisotopic (exact) mass is 622 g/mol. The fraction of sp³-hybridized carbons (Fsp3) is 0.258. The number of hydrogen-bond donors (Lipinski definition) is 3. The number of sulfone groups is 1. The largest absolute Gasteiger partial charge is 0.495 e. The Morgan fingerprint density at radius 3 is 2.65 bits per heavy atom. The normalized spacial score (nSPS) is 17.5. The van der Waals surface area contributed by atoms with Crippen LogP contribution in [0.4, 0.5) is 11.5 Å². The van der Waals surface area contributed by atoms with Crippen molar-refractivity contribution in [3.05, 3.63) is 89.1 Å². The van der Waals surface area contributed by atoms with Gasteiger partial charge in [-0.25, -0.2) is 13.4 Å². The molecule has 0 saturated carbocycles. The number of anilines is 2. The number of halogens is 1. The first-order valence-electron chi connectivity index (χ1n) is 13.6. The Labute approximate surface area is 254 Å². The first-order valence-corrected chi connectivity index (χ1v) is 15.7. The van der Waals surface area contributed by atoms with Gasteiger partial charge in [0.1, 0.15) is 17.6 Å². The Morgan fingerprint density at radius 2 is 1.93 bits per heavy atom. The van der Waals surface area contributed by atoms with Gasteiger partial charge in [-0.1, -0.05) is 42.8 Å². The molecular weight excluding hydrogens is 592 g/mol. The number of carbonyl (C=O) groups excluding carboxylic acids is 1. The Hall–Kier alpha value is -4.35. The Bertz CT molecular complexity index is 1820. The minimum Gasteiger partial charge on any atom is -0.495 e. The molecule has 1 aliphatic rings. The molecule has 4 N–H and O–H groups in total. The molecule has 43 heavy (non-hydrogen) atoms. The van der Waals surface area contributed by atoms with Crippen LogP contribution < -0.4 is 15.8 Å². The van der Waals surface area contributed by atoms with Gasteiger partial charge >= 0.3 is 5.97 Å². The number of pyridine rings is 1. The van der Waals surface area contributed by atoms with Gasteiger partial charge < -0.3 is 25.8 Å². The molecule has 4 aromatic rings. The minimum atomic E-state index is -3.72. The summed E-state index contributed by atoms with van der Waals surface area (Å²) in [5, 5.41) is 15.4. The van der Waals surface area contributed by atoms with E-state index in [2.05, 4.69) is 10.3 Å². The number of aromatic nitrogens is 1. The Kier molecular flexibility index (Phi) is 8.48. The number of carboxylic acids is 1. The number of nitrogens with zero attached hydrogens (tertiary/aromatic N) is 2. The fourth-order valence-electron chi connectivity index (χ4n) is 5.61. The molecule has 0 aliphatic carbocycles. The molecule has 0 radical (unpaired) electrons. The predicted molar refractivity (Wildman–Crippen MR) is 165 cm³/mol. The molecule has 1 aromatic heterocycles. The summed E-state index contributed by atoms with van der Waals surface area (Å²) in [5.74, 6) is -1.98.